The van der Waals surface area contributed by atoms with E-state index in [2.05, 4.69) is 11.4 Å². The molecule has 2 atom stereocenters. The molecule has 2 N–H and O–H groups in total. The Kier molecular flexibility index (Phi) is 6.27. The van der Waals surface area contributed by atoms with Gasteiger partial charge in [0, 0.05) is 6.04 Å². The molecule has 0 bridgehead atoms. The van der Waals surface area contributed by atoms with E-state index >= 15 is 0 Å². The van der Waals surface area contributed by atoms with E-state index in [0.29, 0.717) is 0 Å². The predicted octanol–water partition coefficient (Wildman–Crippen LogP) is 3.60. The van der Waals surface area contributed by atoms with Gasteiger partial charge >= 0.3 is 0 Å². The molecule has 0 aliphatic heterocycles. The van der Waals surface area contributed by atoms with Gasteiger partial charge in [-0.15, -0.1) is 0 Å². The molecule has 1 aliphatic carbocycles. The summed E-state index contributed by atoms with van der Waals surface area (Å²) in [5.41, 5.74) is 2.49. The number of aliphatic hydroxyl groups is 1. The summed E-state index contributed by atoms with van der Waals surface area (Å²) in [5, 5.41) is 13.8. The first-order chi connectivity index (χ1) is 10.2. The first-order valence-corrected chi connectivity index (χ1v) is 7.94. The highest BCUT2D eigenvalue weighted by molar-refractivity contribution is 5.29. The Hall–Kier alpha value is -1.32. The van der Waals surface area contributed by atoms with Gasteiger partial charge in [-0.25, -0.2) is 0 Å². The van der Waals surface area contributed by atoms with E-state index in [-0.39, 0.29) is 6.04 Å². The second-order valence-electron chi connectivity index (χ2n) is 5.82. The summed E-state index contributed by atoms with van der Waals surface area (Å²) in [6.45, 7) is 2.96. The maximum absolute atomic E-state index is 10.4. The summed E-state index contributed by atoms with van der Waals surface area (Å²) in [6, 6.07) is 7.66. The molecule has 1 aromatic carbocycles. The smallest absolute Gasteiger partial charge is 0.118 e. The van der Waals surface area contributed by atoms with E-state index in [0.717, 1.165) is 24.3 Å². The van der Waals surface area contributed by atoms with Gasteiger partial charge in [-0.05, 0) is 63.3 Å². The van der Waals surface area contributed by atoms with Gasteiger partial charge in [0.05, 0.1) is 13.2 Å². The van der Waals surface area contributed by atoms with Gasteiger partial charge in [-0.1, -0.05) is 23.8 Å². The third kappa shape index (κ3) is 4.87. The molecule has 0 saturated carbocycles. The van der Waals surface area contributed by atoms with E-state index in [1.165, 1.54) is 25.7 Å². The van der Waals surface area contributed by atoms with Crippen molar-refractivity contribution in [3.05, 3.63) is 41.5 Å². The van der Waals surface area contributed by atoms with Gasteiger partial charge in [0.1, 0.15) is 5.75 Å². The molecular formula is C18H27NO2. The molecule has 0 heterocycles. The standard InChI is InChI=1S/C18H27NO2/c1-14(19-13-12-15-6-4-3-5-7-15)18(20)16-8-10-17(21-2)11-9-16/h6,8-11,14,18-20H,3-5,7,12-13H2,1-2H3. The Morgan fingerprint density at radius 3 is 2.62 bits per heavy atom. The molecule has 2 rings (SSSR count). The van der Waals surface area contributed by atoms with Crippen molar-refractivity contribution in [3.63, 3.8) is 0 Å². The summed E-state index contributed by atoms with van der Waals surface area (Å²) in [5.74, 6) is 0.816. The lowest BCUT2D eigenvalue weighted by atomic mass is 9.97. The number of allylic oxidation sites excluding steroid dienone is 1. The van der Waals surface area contributed by atoms with Crippen molar-refractivity contribution in [1.82, 2.24) is 5.32 Å². The first kappa shape index (κ1) is 16.1. The number of hydrogen-bond donors (Lipinski definition) is 2. The Morgan fingerprint density at radius 2 is 2.00 bits per heavy atom. The van der Waals surface area contributed by atoms with Crippen LogP contribution in [-0.2, 0) is 0 Å². The van der Waals surface area contributed by atoms with Crippen LogP contribution in [-0.4, -0.2) is 24.8 Å². The molecule has 0 aromatic heterocycles. The molecule has 0 amide bonds. The van der Waals surface area contributed by atoms with E-state index in [1.54, 1.807) is 12.7 Å². The van der Waals surface area contributed by atoms with Crippen LogP contribution in [0.4, 0.5) is 0 Å². The molecule has 0 radical (unpaired) electrons. The Balaban J connectivity index is 1.78. The fourth-order valence-corrected chi connectivity index (χ4v) is 2.79. The predicted molar refractivity (Wildman–Crippen MR) is 86.6 cm³/mol. The molecule has 2 unspecified atom stereocenters. The molecule has 3 heteroatoms. The average molecular weight is 289 g/mol. The number of benzene rings is 1. The van der Waals surface area contributed by atoms with Crippen molar-refractivity contribution < 1.29 is 9.84 Å². The van der Waals surface area contributed by atoms with Crippen LogP contribution in [0, 0.1) is 0 Å². The van der Waals surface area contributed by atoms with Crippen molar-refractivity contribution in [2.75, 3.05) is 13.7 Å². The van der Waals surface area contributed by atoms with Crippen LogP contribution < -0.4 is 10.1 Å². The third-order valence-electron chi connectivity index (χ3n) is 4.23. The van der Waals surface area contributed by atoms with Crippen LogP contribution in [0.15, 0.2) is 35.9 Å². The van der Waals surface area contributed by atoms with Crippen molar-refractivity contribution >= 4 is 0 Å². The number of ether oxygens (including phenoxy) is 1. The highest BCUT2D eigenvalue weighted by Crippen LogP contribution is 2.21. The van der Waals surface area contributed by atoms with E-state index in [4.69, 9.17) is 4.74 Å². The maximum atomic E-state index is 10.4. The van der Waals surface area contributed by atoms with E-state index < -0.39 is 6.10 Å². The average Bonchev–Trinajstić information content (AvgIpc) is 2.55. The van der Waals surface area contributed by atoms with Gasteiger partial charge < -0.3 is 15.2 Å². The summed E-state index contributed by atoms with van der Waals surface area (Å²) in [4.78, 5) is 0. The molecular weight excluding hydrogens is 262 g/mol. The van der Waals surface area contributed by atoms with Gasteiger partial charge in [-0.2, -0.15) is 0 Å². The number of rotatable bonds is 7. The zero-order valence-electron chi connectivity index (χ0n) is 13.1. The van der Waals surface area contributed by atoms with Gasteiger partial charge in [-0.3, -0.25) is 0 Å². The van der Waals surface area contributed by atoms with Crippen LogP contribution in [0.1, 0.15) is 50.7 Å². The minimum Gasteiger partial charge on any atom is -0.497 e. The zero-order chi connectivity index (χ0) is 15.1. The lowest BCUT2D eigenvalue weighted by Gasteiger charge is -2.21. The Morgan fingerprint density at radius 1 is 1.24 bits per heavy atom. The van der Waals surface area contributed by atoms with E-state index in [1.807, 2.05) is 31.2 Å². The monoisotopic (exact) mass is 289 g/mol. The van der Waals surface area contributed by atoms with Crippen LogP contribution in [0.5, 0.6) is 5.75 Å². The Bertz CT molecular complexity index is 453. The second kappa shape index (κ2) is 8.20. The number of hydrogen-bond acceptors (Lipinski definition) is 3. The molecule has 3 nitrogen and oxygen atoms in total. The quantitative estimate of drug-likeness (QED) is 0.754. The van der Waals surface area contributed by atoms with Gasteiger partial charge in [0.15, 0.2) is 0 Å². The topological polar surface area (TPSA) is 41.5 Å². The van der Waals surface area contributed by atoms with Crippen molar-refractivity contribution in [1.29, 1.82) is 0 Å². The minimum absolute atomic E-state index is 0.0441. The SMILES string of the molecule is COc1ccc(C(O)C(C)NCCC2=CCCCC2)cc1. The number of aliphatic hydroxyl groups excluding tert-OH is 1. The summed E-state index contributed by atoms with van der Waals surface area (Å²) in [7, 11) is 1.65. The summed E-state index contributed by atoms with van der Waals surface area (Å²) in [6.07, 6.45) is 8.14. The van der Waals surface area contributed by atoms with Crippen LogP contribution in [0.2, 0.25) is 0 Å². The van der Waals surface area contributed by atoms with Crippen molar-refractivity contribution in [2.45, 2.75) is 51.2 Å². The Labute approximate surface area is 128 Å². The highest BCUT2D eigenvalue weighted by Gasteiger charge is 2.16. The van der Waals surface area contributed by atoms with Crippen molar-refractivity contribution in [3.8, 4) is 5.75 Å². The maximum Gasteiger partial charge on any atom is 0.118 e. The fourth-order valence-electron chi connectivity index (χ4n) is 2.79. The second-order valence-corrected chi connectivity index (χ2v) is 5.82. The molecule has 0 saturated heterocycles. The minimum atomic E-state index is -0.490. The van der Waals surface area contributed by atoms with Gasteiger partial charge in [0.2, 0.25) is 0 Å². The normalized spacial score (nSPS) is 18.0. The molecule has 0 spiro atoms. The van der Waals surface area contributed by atoms with Gasteiger partial charge in [0.25, 0.3) is 0 Å². The number of nitrogens with one attached hydrogen (secondary N) is 1. The number of methoxy groups -OCH3 is 1. The molecule has 0 fully saturated rings. The molecule has 1 aliphatic rings. The lowest BCUT2D eigenvalue weighted by Crippen LogP contribution is -2.33. The summed E-state index contributed by atoms with van der Waals surface area (Å²) >= 11 is 0. The van der Waals surface area contributed by atoms with Crippen LogP contribution in [0.25, 0.3) is 0 Å². The van der Waals surface area contributed by atoms with Crippen LogP contribution >= 0.6 is 0 Å². The highest BCUT2D eigenvalue weighted by atomic mass is 16.5. The third-order valence-corrected chi connectivity index (χ3v) is 4.23. The molecule has 116 valence electrons. The van der Waals surface area contributed by atoms with Crippen molar-refractivity contribution in [2.24, 2.45) is 0 Å². The summed E-state index contributed by atoms with van der Waals surface area (Å²) < 4.78 is 5.14. The van der Waals surface area contributed by atoms with Crippen LogP contribution in [0.3, 0.4) is 0 Å². The zero-order valence-corrected chi connectivity index (χ0v) is 13.1. The molecule has 21 heavy (non-hydrogen) atoms. The fraction of sp³-hybridized carbons (Fsp3) is 0.556. The lowest BCUT2D eigenvalue weighted by molar-refractivity contribution is 0.136. The van der Waals surface area contributed by atoms with E-state index in [9.17, 15) is 5.11 Å². The largest absolute Gasteiger partial charge is 0.497 e. The molecule has 1 aromatic rings. The first-order valence-electron chi connectivity index (χ1n) is 7.94.